The van der Waals surface area contributed by atoms with Crippen LogP contribution in [-0.2, 0) is 0 Å². The number of hydrogen-bond donors (Lipinski definition) is 1. The molecule has 1 N–H and O–H groups in total. The molecule has 0 atom stereocenters. The van der Waals surface area contributed by atoms with Gasteiger partial charge < -0.3 is 0 Å². The molecule has 0 aliphatic rings. The van der Waals surface area contributed by atoms with Gasteiger partial charge in [0.25, 0.3) is 5.56 Å². The molecule has 0 aliphatic carbocycles. The molecule has 62 valence electrons. The monoisotopic (exact) mass is 183 g/mol. The molecule has 0 bridgehead atoms. The second-order valence-electron chi connectivity index (χ2n) is 2.61. The Morgan fingerprint density at radius 1 is 1.50 bits per heavy atom. The van der Waals surface area contributed by atoms with E-state index in [0.29, 0.717) is 15.6 Å². The number of aromatic nitrogens is 1. The van der Waals surface area contributed by atoms with Gasteiger partial charge in [0.15, 0.2) is 0 Å². The third kappa shape index (κ3) is 0.881. The van der Waals surface area contributed by atoms with Crippen molar-refractivity contribution in [2.24, 2.45) is 0 Å². The average molecular weight is 183 g/mol. The zero-order valence-electron chi connectivity index (χ0n) is 6.35. The second kappa shape index (κ2) is 2.42. The minimum absolute atomic E-state index is 0.214. The van der Waals surface area contributed by atoms with E-state index in [1.807, 2.05) is 0 Å². The Kier molecular flexibility index (Phi) is 1.51. The lowest BCUT2D eigenvalue weighted by Crippen LogP contribution is -1.96. The van der Waals surface area contributed by atoms with E-state index < -0.39 is 0 Å². The summed E-state index contributed by atoms with van der Waals surface area (Å²) in [5.41, 5.74) is 0.353. The first-order valence-corrected chi connectivity index (χ1v) is 4.28. The van der Waals surface area contributed by atoms with Crippen LogP contribution in [0, 0.1) is 12.7 Å². The van der Waals surface area contributed by atoms with Crippen molar-refractivity contribution < 1.29 is 4.39 Å². The smallest absolute Gasteiger partial charge is 0.266 e. The van der Waals surface area contributed by atoms with Gasteiger partial charge in [0, 0.05) is 0 Å². The molecule has 4 heteroatoms. The van der Waals surface area contributed by atoms with Crippen LogP contribution >= 0.6 is 11.5 Å². The molecule has 0 spiro atoms. The first-order chi connectivity index (χ1) is 5.70. The second-order valence-corrected chi connectivity index (χ2v) is 3.42. The number of H-pyrrole nitrogens is 1. The van der Waals surface area contributed by atoms with E-state index >= 15 is 0 Å². The standard InChI is InChI=1S/C8H6FNOS/c1-4-2-3-5-7(6(4)9)12-10-8(5)11/h2-3H,1H3,(H,10,11). The van der Waals surface area contributed by atoms with Gasteiger partial charge in [0.1, 0.15) is 5.82 Å². The molecule has 12 heavy (non-hydrogen) atoms. The molecule has 2 aromatic rings. The highest BCUT2D eigenvalue weighted by molar-refractivity contribution is 7.13. The summed E-state index contributed by atoms with van der Waals surface area (Å²) in [6.07, 6.45) is 0. The molecule has 2 rings (SSSR count). The van der Waals surface area contributed by atoms with Gasteiger partial charge in [-0.3, -0.25) is 9.17 Å². The largest absolute Gasteiger partial charge is 0.277 e. The van der Waals surface area contributed by atoms with Crippen LogP contribution in [0.25, 0.3) is 10.1 Å². The third-order valence-electron chi connectivity index (χ3n) is 1.78. The van der Waals surface area contributed by atoms with Crippen LogP contribution in [-0.4, -0.2) is 4.37 Å². The van der Waals surface area contributed by atoms with E-state index in [1.165, 1.54) is 0 Å². The maximum Gasteiger partial charge on any atom is 0.266 e. The van der Waals surface area contributed by atoms with Gasteiger partial charge in [0.05, 0.1) is 10.1 Å². The Labute approximate surface area is 71.8 Å². The molecule has 0 fully saturated rings. The lowest BCUT2D eigenvalue weighted by atomic mass is 10.2. The lowest BCUT2D eigenvalue weighted by molar-refractivity contribution is 0.632. The Balaban J connectivity index is 3.02. The Morgan fingerprint density at radius 3 is 3.00 bits per heavy atom. The Morgan fingerprint density at radius 2 is 2.25 bits per heavy atom. The van der Waals surface area contributed by atoms with Crippen LogP contribution in [0.2, 0.25) is 0 Å². The molecular formula is C8H6FNOS. The van der Waals surface area contributed by atoms with Crippen LogP contribution in [0.3, 0.4) is 0 Å². The number of benzene rings is 1. The fraction of sp³-hybridized carbons (Fsp3) is 0.125. The Hall–Kier alpha value is -1.16. The van der Waals surface area contributed by atoms with E-state index in [1.54, 1.807) is 19.1 Å². The lowest BCUT2D eigenvalue weighted by Gasteiger charge is -1.93. The van der Waals surface area contributed by atoms with Gasteiger partial charge in [-0.05, 0) is 18.6 Å². The highest BCUT2D eigenvalue weighted by Crippen LogP contribution is 2.20. The van der Waals surface area contributed by atoms with Crippen molar-refractivity contribution in [1.82, 2.24) is 4.37 Å². The van der Waals surface area contributed by atoms with Crippen LogP contribution in [0.15, 0.2) is 16.9 Å². The minimum atomic E-state index is -0.296. The van der Waals surface area contributed by atoms with E-state index in [-0.39, 0.29) is 11.4 Å². The van der Waals surface area contributed by atoms with Crippen molar-refractivity contribution in [2.75, 3.05) is 0 Å². The van der Waals surface area contributed by atoms with Crippen LogP contribution < -0.4 is 5.56 Å². The predicted octanol–water partition coefficient (Wildman–Crippen LogP) is 2.04. The van der Waals surface area contributed by atoms with Gasteiger partial charge in [-0.15, -0.1) is 0 Å². The van der Waals surface area contributed by atoms with E-state index in [2.05, 4.69) is 4.37 Å². The van der Waals surface area contributed by atoms with Crippen molar-refractivity contribution in [3.8, 4) is 0 Å². The first-order valence-electron chi connectivity index (χ1n) is 3.46. The maximum atomic E-state index is 13.3. The molecule has 1 aromatic heterocycles. The fourth-order valence-corrected chi connectivity index (χ4v) is 1.91. The Bertz CT molecular complexity index is 485. The molecular weight excluding hydrogens is 177 g/mol. The topological polar surface area (TPSA) is 32.9 Å². The maximum absolute atomic E-state index is 13.3. The highest BCUT2D eigenvalue weighted by atomic mass is 32.1. The quantitative estimate of drug-likeness (QED) is 0.666. The van der Waals surface area contributed by atoms with Gasteiger partial charge >= 0.3 is 0 Å². The number of fused-ring (bicyclic) bond motifs is 1. The van der Waals surface area contributed by atoms with Gasteiger partial charge in [0.2, 0.25) is 0 Å². The van der Waals surface area contributed by atoms with Crippen molar-refractivity contribution in [2.45, 2.75) is 6.92 Å². The first kappa shape index (κ1) is 7.49. The van der Waals surface area contributed by atoms with Crippen molar-refractivity contribution in [1.29, 1.82) is 0 Å². The third-order valence-corrected chi connectivity index (χ3v) is 2.67. The molecule has 1 aromatic carbocycles. The minimum Gasteiger partial charge on any atom is -0.277 e. The molecule has 0 amide bonds. The van der Waals surface area contributed by atoms with E-state index in [0.717, 1.165) is 11.5 Å². The van der Waals surface area contributed by atoms with Gasteiger partial charge in [-0.2, -0.15) is 0 Å². The molecule has 0 saturated heterocycles. The summed E-state index contributed by atoms with van der Waals surface area (Å²) in [6.45, 7) is 1.68. The zero-order valence-corrected chi connectivity index (χ0v) is 7.17. The highest BCUT2D eigenvalue weighted by Gasteiger charge is 2.07. The number of aryl methyl sites for hydroxylation is 1. The zero-order chi connectivity index (χ0) is 8.72. The SMILES string of the molecule is Cc1ccc2c(=O)[nH]sc2c1F. The number of nitrogens with one attached hydrogen (secondary N) is 1. The summed E-state index contributed by atoms with van der Waals surface area (Å²) < 4.78 is 16.2. The normalized spacial score (nSPS) is 10.8. The number of aromatic amines is 1. The molecule has 0 unspecified atom stereocenters. The summed E-state index contributed by atoms with van der Waals surface area (Å²) >= 11 is 1.04. The van der Waals surface area contributed by atoms with Crippen molar-refractivity contribution in [3.05, 3.63) is 33.9 Å². The van der Waals surface area contributed by atoms with E-state index in [4.69, 9.17) is 0 Å². The summed E-state index contributed by atoms with van der Waals surface area (Å²) in [7, 11) is 0. The summed E-state index contributed by atoms with van der Waals surface area (Å²) in [5, 5.41) is 0.433. The fourth-order valence-electron chi connectivity index (χ4n) is 1.09. The summed E-state index contributed by atoms with van der Waals surface area (Å²) in [4.78, 5) is 11.0. The number of rotatable bonds is 0. The van der Waals surface area contributed by atoms with Gasteiger partial charge in [-0.25, -0.2) is 4.39 Å². The predicted molar refractivity (Wildman–Crippen MR) is 47.1 cm³/mol. The number of halogens is 1. The van der Waals surface area contributed by atoms with Crippen LogP contribution in [0.1, 0.15) is 5.56 Å². The molecule has 2 nitrogen and oxygen atoms in total. The van der Waals surface area contributed by atoms with Crippen molar-refractivity contribution in [3.63, 3.8) is 0 Å². The molecule has 0 radical (unpaired) electrons. The van der Waals surface area contributed by atoms with Crippen LogP contribution in [0.4, 0.5) is 4.39 Å². The van der Waals surface area contributed by atoms with E-state index in [9.17, 15) is 9.18 Å². The summed E-state index contributed by atoms with van der Waals surface area (Å²) in [6, 6.07) is 3.25. The molecule has 0 saturated carbocycles. The molecule has 1 heterocycles. The van der Waals surface area contributed by atoms with Gasteiger partial charge in [-0.1, -0.05) is 17.6 Å². The van der Waals surface area contributed by atoms with Crippen molar-refractivity contribution >= 4 is 21.6 Å². The average Bonchev–Trinajstić information content (AvgIpc) is 2.41. The molecule has 0 aliphatic heterocycles. The number of hydrogen-bond acceptors (Lipinski definition) is 2. The van der Waals surface area contributed by atoms with Crippen LogP contribution in [0.5, 0.6) is 0 Å². The summed E-state index contributed by atoms with van der Waals surface area (Å²) in [5.74, 6) is -0.296.